The number of rotatable bonds is 2. The third-order valence-electron chi connectivity index (χ3n) is 2.29. The first kappa shape index (κ1) is 8.61. The van der Waals surface area contributed by atoms with E-state index >= 15 is 0 Å². The van der Waals surface area contributed by atoms with E-state index in [1.54, 1.807) is 11.3 Å². The molecule has 0 radical (unpaired) electrons. The maximum absolute atomic E-state index is 4.47. The van der Waals surface area contributed by atoms with Crippen molar-refractivity contribution in [2.75, 3.05) is 0 Å². The van der Waals surface area contributed by atoms with Crippen LogP contribution in [0.4, 0.5) is 0 Å². The van der Waals surface area contributed by atoms with E-state index in [2.05, 4.69) is 36.5 Å². The third-order valence-corrected chi connectivity index (χ3v) is 3.80. The fraction of sp³-hybridized carbons (Fsp3) is 0.333. The molecule has 2 aromatic heterocycles. The lowest BCUT2D eigenvalue weighted by atomic mass is 10.3. The monoisotopic (exact) mass is 269 g/mol. The Kier molecular flexibility index (Phi) is 1.95. The summed E-state index contributed by atoms with van der Waals surface area (Å²) < 4.78 is 1.12. The van der Waals surface area contributed by atoms with Gasteiger partial charge in [0, 0.05) is 16.9 Å². The zero-order chi connectivity index (χ0) is 9.54. The van der Waals surface area contributed by atoms with Gasteiger partial charge in [-0.1, -0.05) is 0 Å². The number of nitrogens with zero attached hydrogens (tertiary/aromatic N) is 2. The molecule has 1 saturated carbocycles. The first-order valence-corrected chi connectivity index (χ1v) is 6.17. The van der Waals surface area contributed by atoms with Crippen molar-refractivity contribution in [3.8, 4) is 11.4 Å². The predicted molar refractivity (Wildman–Crippen MR) is 59.4 cm³/mol. The normalized spacial score (nSPS) is 16.1. The molecule has 0 atom stereocenters. The number of thiophene rings is 1. The molecule has 3 rings (SSSR count). The second-order valence-electron chi connectivity index (χ2n) is 3.46. The molecule has 0 spiro atoms. The van der Waals surface area contributed by atoms with Crippen LogP contribution in [0.1, 0.15) is 24.6 Å². The van der Waals surface area contributed by atoms with Crippen LogP contribution in [-0.2, 0) is 0 Å². The highest BCUT2D eigenvalue weighted by molar-refractivity contribution is 9.11. The van der Waals surface area contributed by atoms with Gasteiger partial charge >= 0.3 is 0 Å². The Balaban J connectivity index is 1.95. The summed E-state index contributed by atoms with van der Waals surface area (Å²) in [5, 5.41) is 9.27. The highest BCUT2D eigenvalue weighted by Gasteiger charge is 2.27. The Labute approximate surface area is 93.7 Å². The van der Waals surface area contributed by atoms with E-state index in [0.29, 0.717) is 5.92 Å². The van der Waals surface area contributed by atoms with Crippen LogP contribution in [0.2, 0.25) is 0 Å². The topological polar surface area (TPSA) is 41.6 Å². The quantitative estimate of drug-likeness (QED) is 0.910. The molecule has 0 aliphatic heterocycles. The smallest absolute Gasteiger partial charge is 0.182 e. The Bertz CT molecular complexity index is 458. The first-order chi connectivity index (χ1) is 6.83. The van der Waals surface area contributed by atoms with E-state index in [4.69, 9.17) is 0 Å². The van der Waals surface area contributed by atoms with Crippen LogP contribution in [0.5, 0.6) is 0 Å². The third kappa shape index (κ3) is 1.50. The summed E-state index contributed by atoms with van der Waals surface area (Å²) in [5.41, 5.74) is 1.09. The summed E-state index contributed by atoms with van der Waals surface area (Å²) in [6, 6.07) is 2.05. The molecular formula is C9H8BrN3S. The van der Waals surface area contributed by atoms with Gasteiger partial charge in [0.2, 0.25) is 0 Å². The van der Waals surface area contributed by atoms with Gasteiger partial charge in [-0.25, -0.2) is 4.98 Å². The van der Waals surface area contributed by atoms with Crippen molar-refractivity contribution >= 4 is 27.3 Å². The van der Waals surface area contributed by atoms with Gasteiger partial charge in [-0.15, -0.1) is 11.3 Å². The van der Waals surface area contributed by atoms with Gasteiger partial charge in [-0.05, 0) is 34.8 Å². The van der Waals surface area contributed by atoms with Gasteiger partial charge in [-0.3, -0.25) is 5.10 Å². The minimum Gasteiger partial charge on any atom is -0.262 e. The zero-order valence-electron chi connectivity index (χ0n) is 7.33. The molecule has 2 heterocycles. The molecule has 3 nitrogen and oxygen atoms in total. The van der Waals surface area contributed by atoms with Gasteiger partial charge in [0.05, 0.1) is 3.79 Å². The van der Waals surface area contributed by atoms with Crippen molar-refractivity contribution in [3.05, 3.63) is 21.1 Å². The molecule has 0 bridgehead atoms. The number of hydrogen-bond donors (Lipinski definition) is 1. The van der Waals surface area contributed by atoms with Crippen LogP contribution in [0.3, 0.4) is 0 Å². The summed E-state index contributed by atoms with van der Waals surface area (Å²) in [6.45, 7) is 0. The minimum absolute atomic E-state index is 0.637. The maximum atomic E-state index is 4.47. The molecule has 72 valence electrons. The van der Waals surface area contributed by atoms with Crippen molar-refractivity contribution in [3.63, 3.8) is 0 Å². The van der Waals surface area contributed by atoms with Crippen LogP contribution in [0, 0.1) is 0 Å². The molecule has 1 fully saturated rings. The fourth-order valence-corrected chi connectivity index (χ4v) is 2.51. The Morgan fingerprint density at radius 1 is 1.50 bits per heavy atom. The van der Waals surface area contributed by atoms with Crippen molar-refractivity contribution in [1.29, 1.82) is 0 Å². The molecule has 14 heavy (non-hydrogen) atoms. The minimum atomic E-state index is 0.637. The number of H-pyrrole nitrogens is 1. The average molecular weight is 270 g/mol. The lowest BCUT2D eigenvalue weighted by Gasteiger charge is -1.85. The standard InChI is InChI=1S/C9H8BrN3S/c10-7-3-6(4-14-7)9-11-8(12-13-9)5-1-2-5/h3-5H,1-2H2,(H,11,12,13). The Morgan fingerprint density at radius 2 is 2.36 bits per heavy atom. The maximum Gasteiger partial charge on any atom is 0.182 e. The van der Waals surface area contributed by atoms with Crippen LogP contribution >= 0.6 is 27.3 Å². The average Bonchev–Trinajstić information content (AvgIpc) is 2.76. The molecule has 0 amide bonds. The Hall–Kier alpha value is -0.680. The van der Waals surface area contributed by atoms with Gasteiger partial charge in [0.1, 0.15) is 5.82 Å². The number of aromatic nitrogens is 3. The summed E-state index contributed by atoms with van der Waals surface area (Å²) in [4.78, 5) is 4.47. The molecule has 1 aliphatic rings. The predicted octanol–water partition coefficient (Wildman–Crippen LogP) is 3.17. The van der Waals surface area contributed by atoms with Crippen molar-refractivity contribution in [2.45, 2.75) is 18.8 Å². The highest BCUT2D eigenvalue weighted by Crippen LogP contribution is 2.38. The van der Waals surface area contributed by atoms with E-state index in [1.807, 2.05) is 6.07 Å². The van der Waals surface area contributed by atoms with Crippen LogP contribution < -0.4 is 0 Å². The highest BCUT2D eigenvalue weighted by atomic mass is 79.9. The van der Waals surface area contributed by atoms with Crippen molar-refractivity contribution < 1.29 is 0 Å². The van der Waals surface area contributed by atoms with E-state index in [-0.39, 0.29) is 0 Å². The number of hydrogen-bond acceptors (Lipinski definition) is 3. The molecule has 0 unspecified atom stereocenters. The number of nitrogens with one attached hydrogen (secondary N) is 1. The summed E-state index contributed by atoms with van der Waals surface area (Å²) in [6.07, 6.45) is 2.50. The summed E-state index contributed by atoms with van der Waals surface area (Å²) in [5.74, 6) is 2.49. The van der Waals surface area contributed by atoms with E-state index in [1.165, 1.54) is 12.8 Å². The Morgan fingerprint density at radius 3 is 3.00 bits per heavy atom. The van der Waals surface area contributed by atoms with E-state index in [9.17, 15) is 0 Å². The van der Waals surface area contributed by atoms with Crippen molar-refractivity contribution in [2.24, 2.45) is 0 Å². The van der Waals surface area contributed by atoms with Crippen molar-refractivity contribution in [1.82, 2.24) is 15.2 Å². The number of aromatic amines is 1. The second-order valence-corrected chi connectivity index (χ2v) is 5.75. The molecule has 2 aromatic rings. The van der Waals surface area contributed by atoms with Crippen LogP contribution in [0.25, 0.3) is 11.4 Å². The zero-order valence-corrected chi connectivity index (χ0v) is 9.73. The van der Waals surface area contributed by atoms with E-state index < -0.39 is 0 Å². The largest absolute Gasteiger partial charge is 0.262 e. The second kappa shape index (κ2) is 3.17. The lowest BCUT2D eigenvalue weighted by Crippen LogP contribution is -1.80. The fourth-order valence-electron chi connectivity index (χ4n) is 1.37. The number of halogens is 1. The van der Waals surface area contributed by atoms with E-state index in [0.717, 1.165) is 21.0 Å². The van der Waals surface area contributed by atoms with Gasteiger partial charge in [0.25, 0.3) is 0 Å². The van der Waals surface area contributed by atoms with Gasteiger partial charge in [0.15, 0.2) is 5.82 Å². The first-order valence-electron chi connectivity index (χ1n) is 4.49. The molecule has 5 heteroatoms. The van der Waals surface area contributed by atoms with Crippen LogP contribution in [0.15, 0.2) is 15.2 Å². The molecule has 0 aromatic carbocycles. The molecule has 1 N–H and O–H groups in total. The summed E-state index contributed by atoms with van der Waals surface area (Å²) in [7, 11) is 0. The van der Waals surface area contributed by atoms with Gasteiger partial charge < -0.3 is 0 Å². The van der Waals surface area contributed by atoms with Crippen LogP contribution in [-0.4, -0.2) is 15.2 Å². The SMILES string of the molecule is Brc1cc(-c2n[nH]c(C3CC3)n2)cs1. The molecular weight excluding hydrogens is 262 g/mol. The summed E-state index contributed by atoms with van der Waals surface area (Å²) >= 11 is 5.09. The molecule has 0 saturated heterocycles. The molecule has 1 aliphatic carbocycles. The van der Waals surface area contributed by atoms with Gasteiger partial charge in [-0.2, -0.15) is 5.10 Å². The lowest BCUT2D eigenvalue weighted by molar-refractivity contribution is 0.935.